The Balaban J connectivity index is 0.00000242. The molecule has 2 aliphatic rings. The molecule has 0 amide bonds. The fourth-order valence-corrected chi connectivity index (χ4v) is 2.85. The Kier molecular flexibility index (Phi) is 9.66. The van der Waals surface area contributed by atoms with Gasteiger partial charge in [-0.15, -0.1) is 24.0 Å². The highest BCUT2D eigenvalue weighted by Crippen LogP contribution is 2.28. The first-order chi connectivity index (χ1) is 10.2. The maximum Gasteiger partial charge on any atom is 0.191 e. The van der Waals surface area contributed by atoms with E-state index in [0.29, 0.717) is 6.04 Å². The Bertz CT molecular complexity index is 332. The van der Waals surface area contributed by atoms with Gasteiger partial charge in [-0.05, 0) is 51.1 Å². The number of guanidine groups is 1. The Morgan fingerprint density at radius 3 is 2.55 bits per heavy atom. The molecule has 0 aromatic rings. The second-order valence-electron chi connectivity index (χ2n) is 6.46. The fraction of sp³-hybridized carbons (Fsp3) is 0.938. The highest BCUT2D eigenvalue weighted by Gasteiger charge is 2.33. The summed E-state index contributed by atoms with van der Waals surface area (Å²) >= 11 is 0. The molecule has 22 heavy (non-hydrogen) atoms. The smallest absolute Gasteiger partial charge is 0.191 e. The second-order valence-corrected chi connectivity index (χ2v) is 6.46. The van der Waals surface area contributed by atoms with Crippen LogP contribution in [0, 0.1) is 11.8 Å². The number of piperidine rings is 1. The zero-order chi connectivity index (χ0) is 15.1. The van der Waals surface area contributed by atoms with Crippen molar-refractivity contribution >= 4 is 29.9 Å². The van der Waals surface area contributed by atoms with Crippen molar-refractivity contribution in [3.63, 3.8) is 0 Å². The largest absolute Gasteiger partial charge is 0.383 e. The van der Waals surface area contributed by atoms with Gasteiger partial charge in [0.25, 0.3) is 0 Å². The lowest BCUT2D eigenvalue weighted by Crippen LogP contribution is -2.40. The highest BCUT2D eigenvalue weighted by molar-refractivity contribution is 14.0. The van der Waals surface area contributed by atoms with Gasteiger partial charge in [-0.3, -0.25) is 4.99 Å². The molecule has 0 aromatic heterocycles. The molecule has 0 bridgehead atoms. The molecule has 0 radical (unpaired) electrons. The van der Waals surface area contributed by atoms with Crippen molar-refractivity contribution in [2.75, 3.05) is 46.4 Å². The number of hydrogen-bond acceptors (Lipinski definition) is 3. The first-order valence-electron chi connectivity index (χ1n) is 8.49. The van der Waals surface area contributed by atoms with Crippen LogP contribution >= 0.6 is 24.0 Å². The molecule has 1 aliphatic carbocycles. The number of hydrogen-bond donors (Lipinski definition) is 2. The molecule has 6 heteroatoms. The molecule has 2 N–H and O–H groups in total. The lowest BCUT2D eigenvalue weighted by molar-refractivity contribution is 0.121. The average Bonchev–Trinajstić information content (AvgIpc) is 3.19. The normalized spacial score (nSPS) is 26.4. The van der Waals surface area contributed by atoms with Crippen LogP contribution in [0.2, 0.25) is 0 Å². The zero-order valence-corrected chi connectivity index (χ0v) is 16.6. The van der Waals surface area contributed by atoms with Crippen LogP contribution in [0.1, 0.15) is 33.1 Å². The molecule has 1 saturated heterocycles. The first kappa shape index (κ1) is 20.0. The Morgan fingerprint density at radius 1 is 1.32 bits per heavy atom. The van der Waals surface area contributed by atoms with E-state index in [2.05, 4.69) is 29.4 Å². The van der Waals surface area contributed by atoms with Gasteiger partial charge in [-0.25, -0.2) is 0 Å². The lowest BCUT2D eigenvalue weighted by atomic mass is 9.97. The van der Waals surface area contributed by atoms with E-state index in [1.807, 2.05) is 0 Å². The van der Waals surface area contributed by atoms with Crippen molar-refractivity contribution in [2.24, 2.45) is 16.8 Å². The molecule has 2 unspecified atom stereocenters. The number of ether oxygens (including phenoxy) is 1. The summed E-state index contributed by atoms with van der Waals surface area (Å²) < 4.78 is 5.15. The summed E-state index contributed by atoms with van der Waals surface area (Å²) in [6.45, 7) is 10.6. The van der Waals surface area contributed by atoms with Crippen molar-refractivity contribution in [3.05, 3.63) is 0 Å². The third-order valence-corrected chi connectivity index (χ3v) is 4.60. The quantitative estimate of drug-likeness (QED) is 0.373. The summed E-state index contributed by atoms with van der Waals surface area (Å²) in [5, 5.41) is 6.89. The fourth-order valence-electron chi connectivity index (χ4n) is 2.85. The molecule has 130 valence electrons. The number of halogens is 1. The van der Waals surface area contributed by atoms with Gasteiger partial charge >= 0.3 is 0 Å². The van der Waals surface area contributed by atoms with Gasteiger partial charge < -0.3 is 20.3 Å². The highest BCUT2D eigenvalue weighted by atomic mass is 127. The van der Waals surface area contributed by atoms with Gasteiger partial charge in [-0.1, -0.05) is 6.92 Å². The third kappa shape index (κ3) is 7.00. The van der Waals surface area contributed by atoms with Gasteiger partial charge in [0.15, 0.2) is 5.96 Å². The lowest BCUT2D eigenvalue weighted by Gasteiger charge is -2.31. The number of nitrogens with zero attached hydrogens (tertiary/aromatic N) is 2. The summed E-state index contributed by atoms with van der Waals surface area (Å²) in [4.78, 5) is 7.29. The van der Waals surface area contributed by atoms with Crippen molar-refractivity contribution in [1.82, 2.24) is 15.5 Å². The Labute approximate surface area is 152 Å². The van der Waals surface area contributed by atoms with E-state index in [1.165, 1.54) is 32.4 Å². The number of methoxy groups -OCH3 is 1. The third-order valence-electron chi connectivity index (χ3n) is 4.60. The maximum atomic E-state index is 5.15. The van der Waals surface area contributed by atoms with Crippen molar-refractivity contribution in [2.45, 2.75) is 39.2 Å². The van der Waals surface area contributed by atoms with E-state index in [1.54, 1.807) is 7.11 Å². The van der Waals surface area contributed by atoms with E-state index < -0.39 is 0 Å². The molecule has 2 fully saturated rings. The van der Waals surface area contributed by atoms with Crippen molar-refractivity contribution in [3.8, 4) is 0 Å². The van der Waals surface area contributed by atoms with Crippen LogP contribution in [0.4, 0.5) is 0 Å². The van der Waals surface area contributed by atoms with E-state index >= 15 is 0 Å². The number of nitrogens with one attached hydrogen (secondary N) is 2. The van der Waals surface area contributed by atoms with Crippen LogP contribution in [0.3, 0.4) is 0 Å². The topological polar surface area (TPSA) is 48.9 Å². The van der Waals surface area contributed by atoms with Gasteiger partial charge in [0.1, 0.15) is 0 Å². The van der Waals surface area contributed by atoms with Crippen LogP contribution in [0.5, 0.6) is 0 Å². The number of rotatable bonds is 7. The van der Waals surface area contributed by atoms with E-state index in [9.17, 15) is 0 Å². The molecule has 5 nitrogen and oxygen atoms in total. The predicted molar refractivity (Wildman–Crippen MR) is 103 cm³/mol. The zero-order valence-electron chi connectivity index (χ0n) is 14.3. The minimum absolute atomic E-state index is 0. The van der Waals surface area contributed by atoms with E-state index in [0.717, 1.165) is 44.0 Å². The van der Waals surface area contributed by atoms with Gasteiger partial charge in [0.2, 0.25) is 0 Å². The predicted octanol–water partition coefficient (Wildman–Crippen LogP) is 1.93. The van der Waals surface area contributed by atoms with E-state index in [-0.39, 0.29) is 24.0 Å². The van der Waals surface area contributed by atoms with Crippen molar-refractivity contribution < 1.29 is 4.74 Å². The number of aliphatic imine (C=N–C) groups is 1. The molecule has 2 atom stereocenters. The standard InChI is InChI=1S/C16H32N4O.HI/c1-4-17-16(19-15-11-13(15)2)18-12-14-5-7-20(8-6-14)9-10-21-3;/h13-15H,4-12H2,1-3H3,(H2,17,18,19);1H. The molecular weight excluding hydrogens is 391 g/mol. The molecule has 1 saturated carbocycles. The molecule has 2 rings (SSSR count). The minimum Gasteiger partial charge on any atom is -0.383 e. The molecular formula is C16H33IN4O. The molecule has 1 aliphatic heterocycles. The van der Waals surface area contributed by atoms with E-state index in [4.69, 9.17) is 9.73 Å². The Hall–Kier alpha value is -0.0800. The number of likely N-dealkylation sites (tertiary alicyclic amines) is 1. The second kappa shape index (κ2) is 10.6. The van der Waals surface area contributed by atoms with Crippen LogP contribution in [0.15, 0.2) is 4.99 Å². The van der Waals surface area contributed by atoms with Crippen LogP contribution in [-0.2, 0) is 4.74 Å². The summed E-state index contributed by atoms with van der Waals surface area (Å²) in [6, 6.07) is 0.638. The summed E-state index contributed by atoms with van der Waals surface area (Å²) in [5.41, 5.74) is 0. The van der Waals surface area contributed by atoms with Gasteiger partial charge in [-0.2, -0.15) is 0 Å². The Morgan fingerprint density at radius 2 is 2.00 bits per heavy atom. The molecule has 1 heterocycles. The summed E-state index contributed by atoms with van der Waals surface area (Å²) in [7, 11) is 1.78. The monoisotopic (exact) mass is 424 g/mol. The van der Waals surface area contributed by atoms with Crippen LogP contribution < -0.4 is 10.6 Å². The summed E-state index contributed by atoms with van der Waals surface area (Å²) in [6.07, 6.45) is 3.79. The molecule has 0 aromatic carbocycles. The van der Waals surface area contributed by atoms with Gasteiger partial charge in [0.05, 0.1) is 6.61 Å². The van der Waals surface area contributed by atoms with Crippen LogP contribution in [0.25, 0.3) is 0 Å². The van der Waals surface area contributed by atoms with Gasteiger partial charge in [0, 0.05) is 32.8 Å². The SMILES string of the molecule is CCNC(=NCC1CCN(CCOC)CC1)NC1CC1C.I. The maximum absolute atomic E-state index is 5.15. The summed E-state index contributed by atoms with van der Waals surface area (Å²) in [5.74, 6) is 2.54. The molecule has 0 spiro atoms. The average molecular weight is 424 g/mol. The first-order valence-corrected chi connectivity index (χ1v) is 8.49. The minimum atomic E-state index is 0. The van der Waals surface area contributed by atoms with Crippen LogP contribution in [-0.4, -0.2) is 63.3 Å². The van der Waals surface area contributed by atoms with Crippen molar-refractivity contribution in [1.29, 1.82) is 0 Å².